The van der Waals surface area contributed by atoms with Crippen LogP contribution >= 0.6 is 0 Å². The molecule has 6 rings (SSSR count). The molecule has 3 N–H and O–H groups in total. The van der Waals surface area contributed by atoms with Crippen LogP contribution in [-0.2, 0) is 4.74 Å². The number of aromatic hydroxyl groups is 3. The first-order valence-corrected chi connectivity index (χ1v) is 13.5. The number of phenolic OH excluding ortho intramolecular Hbond substituents is 3. The molecule has 1 aromatic carbocycles. The number of benzene rings is 1. The second-order valence-electron chi connectivity index (χ2n) is 11.9. The van der Waals surface area contributed by atoms with Gasteiger partial charge in [-0.15, -0.1) is 0 Å². The molecule has 6 atom stereocenters. The van der Waals surface area contributed by atoms with E-state index in [1.165, 1.54) is 29.6 Å². The van der Waals surface area contributed by atoms with Gasteiger partial charge in [0.25, 0.3) is 0 Å². The molecule has 4 aliphatic carbocycles. The van der Waals surface area contributed by atoms with Crippen molar-refractivity contribution in [2.75, 3.05) is 0 Å². The van der Waals surface area contributed by atoms with E-state index in [0.29, 0.717) is 17.8 Å². The fourth-order valence-electron chi connectivity index (χ4n) is 8.21. The van der Waals surface area contributed by atoms with E-state index in [2.05, 4.69) is 37.0 Å². The Labute approximate surface area is 217 Å². The van der Waals surface area contributed by atoms with Crippen LogP contribution in [0.15, 0.2) is 54.4 Å². The van der Waals surface area contributed by atoms with E-state index >= 15 is 0 Å². The first-order chi connectivity index (χ1) is 17.7. The molecule has 0 bridgehead atoms. The first-order valence-electron chi connectivity index (χ1n) is 13.5. The largest absolute Gasteiger partial charge is 0.504 e. The summed E-state index contributed by atoms with van der Waals surface area (Å²) in [7, 11) is 0. The van der Waals surface area contributed by atoms with Crippen LogP contribution in [0.2, 0.25) is 0 Å². The molecule has 1 heterocycles. The van der Waals surface area contributed by atoms with Crippen LogP contribution in [0, 0.1) is 28.6 Å². The average Bonchev–Trinajstić information content (AvgIpc) is 3.25. The summed E-state index contributed by atoms with van der Waals surface area (Å²) in [5, 5.41) is 29.1. The van der Waals surface area contributed by atoms with Crippen molar-refractivity contribution in [3.05, 3.63) is 65.5 Å². The molecule has 0 saturated heterocycles. The molecule has 6 unspecified atom stereocenters. The van der Waals surface area contributed by atoms with Crippen LogP contribution < -0.4 is 0 Å². The van der Waals surface area contributed by atoms with Gasteiger partial charge >= 0.3 is 5.97 Å². The number of allylic oxidation sites excluding steroid dienone is 3. The van der Waals surface area contributed by atoms with Gasteiger partial charge in [0, 0.05) is 18.8 Å². The lowest BCUT2D eigenvalue weighted by Gasteiger charge is -2.57. The van der Waals surface area contributed by atoms with E-state index in [1.807, 2.05) is 18.5 Å². The van der Waals surface area contributed by atoms with Crippen LogP contribution in [0.3, 0.4) is 0 Å². The third-order valence-electron chi connectivity index (χ3n) is 10.2. The summed E-state index contributed by atoms with van der Waals surface area (Å²) < 4.78 is 5.81. The number of rotatable bonds is 3. The fraction of sp³-hybridized carbons (Fsp3) is 0.484. The monoisotopic (exact) mass is 501 g/mol. The summed E-state index contributed by atoms with van der Waals surface area (Å²) in [5.74, 6) is -0.387. The zero-order chi connectivity index (χ0) is 25.9. The van der Waals surface area contributed by atoms with Crippen molar-refractivity contribution in [2.45, 2.75) is 64.9 Å². The van der Waals surface area contributed by atoms with Crippen molar-refractivity contribution in [3.8, 4) is 17.2 Å². The summed E-state index contributed by atoms with van der Waals surface area (Å²) in [5.41, 5.74) is 4.51. The molecule has 0 spiro atoms. The lowest BCUT2D eigenvalue weighted by molar-refractivity contribution is -0.0307. The number of nitrogens with zero attached hydrogens (tertiary/aromatic N) is 1. The SMILES string of the molecule is CC12CCC(OC(=O)c3cc(O)c(O)c(O)c3)CC1=CCC1C2CCC2(C)C(c3cccnc3)=CCC12. The zero-order valence-corrected chi connectivity index (χ0v) is 21.5. The number of hydrogen-bond acceptors (Lipinski definition) is 6. The summed E-state index contributed by atoms with van der Waals surface area (Å²) >= 11 is 0. The van der Waals surface area contributed by atoms with Crippen molar-refractivity contribution in [3.63, 3.8) is 0 Å². The summed E-state index contributed by atoms with van der Waals surface area (Å²) in [4.78, 5) is 17.1. The number of phenols is 3. The Balaban J connectivity index is 1.18. The van der Waals surface area contributed by atoms with Gasteiger partial charge in [-0.25, -0.2) is 4.79 Å². The van der Waals surface area contributed by atoms with Crippen LogP contribution in [0.25, 0.3) is 5.57 Å². The van der Waals surface area contributed by atoms with Crippen LogP contribution in [-0.4, -0.2) is 32.4 Å². The number of fused-ring (bicyclic) bond motifs is 5. The Morgan fingerprint density at radius 2 is 1.76 bits per heavy atom. The van der Waals surface area contributed by atoms with Gasteiger partial charge in [-0.1, -0.05) is 37.6 Å². The highest BCUT2D eigenvalue weighted by atomic mass is 16.5. The van der Waals surface area contributed by atoms with Crippen molar-refractivity contribution in [1.82, 2.24) is 4.98 Å². The van der Waals surface area contributed by atoms with E-state index in [9.17, 15) is 20.1 Å². The molecule has 6 nitrogen and oxygen atoms in total. The summed E-state index contributed by atoms with van der Waals surface area (Å²) in [6.07, 6.45) is 15.6. The second kappa shape index (κ2) is 8.64. The number of ether oxygens (including phenoxy) is 1. The Bertz CT molecular complexity index is 1280. The maximum Gasteiger partial charge on any atom is 0.338 e. The Morgan fingerprint density at radius 1 is 1.00 bits per heavy atom. The van der Waals surface area contributed by atoms with Crippen molar-refractivity contribution in [1.29, 1.82) is 0 Å². The van der Waals surface area contributed by atoms with Crippen LogP contribution in [0.4, 0.5) is 0 Å². The molecule has 0 amide bonds. The van der Waals surface area contributed by atoms with Crippen molar-refractivity contribution in [2.24, 2.45) is 28.6 Å². The number of pyridine rings is 1. The highest BCUT2D eigenvalue weighted by Crippen LogP contribution is 2.66. The van der Waals surface area contributed by atoms with Gasteiger partial charge in [0.05, 0.1) is 5.56 Å². The maximum absolute atomic E-state index is 12.7. The molecule has 1 aromatic heterocycles. The molecule has 194 valence electrons. The minimum atomic E-state index is -0.638. The van der Waals surface area contributed by atoms with Gasteiger partial charge in [0.15, 0.2) is 17.2 Å². The smallest absolute Gasteiger partial charge is 0.338 e. The van der Waals surface area contributed by atoms with Gasteiger partial charge in [-0.2, -0.15) is 0 Å². The van der Waals surface area contributed by atoms with Crippen LogP contribution in [0.1, 0.15) is 74.7 Å². The Hall–Kier alpha value is -3.28. The third-order valence-corrected chi connectivity index (χ3v) is 10.2. The molecule has 2 aromatic rings. The standard InChI is InChI=1S/C31H35NO5/c1-30-11-9-21(37-29(36)19-14-26(33)28(35)27(34)15-19)16-20(30)5-6-22-24-8-7-23(18-4-3-13-32-17-18)31(24,2)12-10-25(22)30/h3-5,7,13-15,17,21-22,24-25,33-35H,6,8-12,16H2,1-2H3. The van der Waals surface area contributed by atoms with E-state index in [-0.39, 0.29) is 22.5 Å². The number of carbonyl (C=O) groups excluding carboxylic acids is 1. The Morgan fingerprint density at radius 3 is 2.49 bits per heavy atom. The number of hydrogen-bond donors (Lipinski definition) is 3. The van der Waals surface area contributed by atoms with Gasteiger partial charge in [0.1, 0.15) is 6.10 Å². The molecule has 2 saturated carbocycles. The minimum absolute atomic E-state index is 0.0311. The predicted octanol–water partition coefficient (Wildman–Crippen LogP) is 6.38. The van der Waals surface area contributed by atoms with Crippen molar-refractivity contribution >= 4 is 11.5 Å². The van der Waals surface area contributed by atoms with E-state index in [1.54, 1.807) is 0 Å². The van der Waals surface area contributed by atoms with Gasteiger partial charge in [-0.3, -0.25) is 4.98 Å². The molecule has 0 radical (unpaired) electrons. The molecule has 37 heavy (non-hydrogen) atoms. The van der Waals surface area contributed by atoms with Gasteiger partial charge in [0.2, 0.25) is 0 Å². The Kier molecular flexibility index (Phi) is 5.62. The number of aromatic nitrogens is 1. The average molecular weight is 502 g/mol. The highest BCUT2D eigenvalue weighted by Gasteiger charge is 2.57. The third kappa shape index (κ3) is 3.75. The molecule has 6 heteroatoms. The van der Waals surface area contributed by atoms with Crippen LogP contribution in [0.5, 0.6) is 17.2 Å². The molecule has 0 aliphatic heterocycles. The molecular weight excluding hydrogens is 466 g/mol. The van der Waals surface area contributed by atoms with E-state index in [0.717, 1.165) is 44.2 Å². The first kappa shape index (κ1) is 24.1. The lowest BCUT2D eigenvalue weighted by Crippen LogP contribution is -2.50. The predicted molar refractivity (Wildman–Crippen MR) is 140 cm³/mol. The zero-order valence-electron chi connectivity index (χ0n) is 21.5. The topological polar surface area (TPSA) is 99.9 Å². The molecule has 2 fully saturated rings. The van der Waals surface area contributed by atoms with E-state index in [4.69, 9.17) is 4.74 Å². The number of carbonyl (C=O) groups is 1. The summed E-state index contributed by atoms with van der Waals surface area (Å²) in [6.45, 7) is 4.90. The van der Waals surface area contributed by atoms with Gasteiger partial charge < -0.3 is 20.1 Å². The fourth-order valence-corrected chi connectivity index (χ4v) is 8.21. The molecule has 4 aliphatic rings. The molecular formula is C31H35NO5. The second-order valence-corrected chi connectivity index (χ2v) is 11.9. The van der Waals surface area contributed by atoms with Gasteiger partial charge in [-0.05, 0) is 96.4 Å². The van der Waals surface area contributed by atoms with E-state index < -0.39 is 23.2 Å². The van der Waals surface area contributed by atoms with Crippen molar-refractivity contribution < 1.29 is 24.9 Å². The maximum atomic E-state index is 12.7. The lowest BCUT2D eigenvalue weighted by atomic mass is 9.47. The highest BCUT2D eigenvalue weighted by molar-refractivity contribution is 5.91. The minimum Gasteiger partial charge on any atom is -0.504 e. The summed E-state index contributed by atoms with van der Waals surface area (Å²) in [6, 6.07) is 6.49. The number of esters is 1. The normalized spacial score (nSPS) is 34.4. The quantitative estimate of drug-likeness (QED) is 0.256.